The van der Waals surface area contributed by atoms with Gasteiger partial charge in [-0.25, -0.2) is 0 Å². The van der Waals surface area contributed by atoms with Gasteiger partial charge in [0.05, 0.1) is 11.4 Å². The van der Waals surface area contributed by atoms with Crippen LogP contribution in [0.5, 0.6) is 0 Å². The molecule has 1 atom stereocenters. The van der Waals surface area contributed by atoms with Gasteiger partial charge in [0.15, 0.2) is 0 Å². The summed E-state index contributed by atoms with van der Waals surface area (Å²) in [6.45, 7) is 6.14. The molecule has 0 amide bonds. The highest BCUT2D eigenvalue weighted by Crippen LogP contribution is 2.45. The lowest BCUT2D eigenvalue weighted by molar-refractivity contribution is 0.710. The average Bonchev–Trinajstić information content (AvgIpc) is 2.73. The molecule has 1 heterocycles. The first-order valence-corrected chi connectivity index (χ1v) is 6.52. The minimum Gasteiger partial charge on any atom is -0.349 e. The van der Waals surface area contributed by atoms with Crippen molar-refractivity contribution in [3.63, 3.8) is 0 Å². The van der Waals surface area contributed by atoms with Crippen LogP contribution in [0, 0.1) is 6.92 Å². The molecule has 0 spiro atoms. The second-order valence-electron chi connectivity index (χ2n) is 4.92. The number of para-hydroxylation sites is 2. The molecule has 0 bridgehead atoms. The maximum Gasteiger partial charge on any atom is 0.132 e. The van der Waals surface area contributed by atoms with Crippen LogP contribution in [0.15, 0.2) is 61.3 Å². The summed E-state index contributed by atoms with van der Waals surface area (Å²) < 4.78 is 0. The van der Waals surface area contributed by atoms with Gasteiger partial charge in [0.1, 0.15) is 6.17 Å². The van der Waals surface area contributed by atoms with Crippen LogP contribution < -0.4 is 9.80 Å². The molecule has 96 valence electrons. The van der Waals surface area contributed by atoms with E-state index in [2.05, 4.69) is 78.9 Å². The first-order valence-electron chi connectivity index (χ1n) is 6.52. The number of fused-ring (bicyclic) bond motifs is 1. The first kappa shape index (κ1) is 11.8. The Bertz CT molecular complexity index is 618. The van der Waals surface area contributed by atoms with Crippen LogP contribution in [-0.2, 0) is 0 Å². The summed E-state index contributed by atoms with van der Waals surface area (Å²) in [5.74, 6) is 0. The van der Waals surface area contributed by atoms with Gasteiger partial charge >= 0.3 is 0 Å². The quantitative estimate of drug-likeness (QED) is 0.792. The Morgan fingerprint density at radius 2 is 1.63 bits per heavy atom. The van der Waals surface area contributed by atoms with Crippen molar-refractivity contribution in [2.45, 2.75) is 13.1 Å². The van der Waals surface area contributed by atoms with Crippen molar-refractivity contribution in [2.24, 2.45) is 0 Å². The largest absolute Gasteiger partial charge is 0.349 e. The minimum atomic E-state index is 0.191. The van der Waals surface area contributed by atoms with Crippen molar-refractivity contribution in [3.05, 3.63) is 72.4 Å². The SMILES string of the molecule is C=CN1c2ccccc2N(C)C1c1ccccc1C. The van der Waals surface area contributed by atoms with E-state index in [4.69, 9.17) is 0 Å². The molecule has 1 unspecified atom stereocenters. The van der Waals surface area contributed by atoms with Crippen molar-refractivity contribution in [3.8, 4) is 0 Å². The van der Waals surface area contributed by atoms with Crippen molar-refractivity contribution >= 4 is 11.4 Å². The number of hydrogen-bond donors (Lipinski definition) is 0. The van der Waals surface area contributed by atoms with Crippen molar-refractivity contribution in [1.82, 2.24) is 0 Å². The van der Waals surface area contributed by atoms with Crippen LogP contribution in [-0.4, -0.2) is 7.05 Å². The fourth-order valence-corrected chi connectivity index (χ4v) is 2.86. The van der Waals surface area contributed by atoms with Gasteiger partial charge in [-0.3, -0.25) is 0 Å². The summed E-state index contributed by atoms with van der Waals surface area (Å²) in [5.41, 5.74) is 5.09. The zero-order chi connectivity index (χ0) is 13.4. The molecule has 2 heteroatoms. The zero-order valence-electron chi connectivity index (χ0n) is 11.4. The number of aryl methyl sites for hydroxylation is 1. The van der Waals surface area contributed by atoms with Crippen molar-refractivity contribution in [1.29, 1.82) is 0 Å². The third-order valence-electron chi connectivity index (χ3n) is 3.83. The average molecular weight is 250 g/mol. The molecule has 2 nitrogen and oxygen atoms in total. The molecule has 0 radical (unpaired) electrons. The van der Waals surface area contributed by atoms with E-state index in [-0.39, 0.29) is 6.17 Å². The van der Waals surface area contributed by atoms with Gasteiger partial charge in [-0.1, -0.05) is 43.0 Å². The minimum absolute atomic E-state index is 0.191. The van der Waals surface area contributed by atoms with Crippen molar-refractivity contribution in [2.75, 3.05) is 16.8 Å². The van der Waals surface area contributed by atoms with Crippen molar-refractivity contribution < 1.29 is 0 Å². The van der Waals surface area contributed by atoms with E-state index < -0.39 is 0 Å². The first-order chi connectivity index (χ1) is 9.24. The van der Waals surface area contributed by atoms with Gasteiger partial charge in [0.2, 0.25) is 0 Å². The highest BCUT2D eigenvalue weighted by molar-refractivity contribution is 5.79. The molecule has 0 fully saturated rings. The molecule has 0 aliphatic carbocycles. The molecule has 0 N–H and O–H groups in total. The van der Waals surface area contributed by atoms with Crippen LogP contribution in [0.4, 0.5) is 11.4 Å². The summed E-state index contributed by atoms with van der Waals surface area (Å²) in [7, 11) is 2.14. The Labute approximate surface area is 114 Å². The molecular formula is C17H18N2. The number of benzene rings is 2. The third kappa shape index (κ3) is 1.72. The lowest BCUT2D eigenvalue weighted by atomic mass is 10.1. The molecule has 2 aromatic carbocycles. The topological polar surface area (TPSA) is 6.48 Å². The Balaban J connectivity index is 2.14. The maximum absolute atomic E-state index is 3.98. The number of anilines is 2. The summed E-state index contributed by atoms with van der Waals surface area (Å²) in [5, 5.41) is 0. The van der Waals surface area contributed by atoms with Crippen LogP contribution in [0.1, 0.15) is 17.3 Å². The van der Waals surface area contributed by atoms with Gasteiger partial charge in [0.25, 0.3) is 0 Å². The number of rotatable bonds is 2. The molecule has 19 heavy (non-hydrogen) atoms. The Hall–Kier alpha value is -2.22. The molecule has 0 saturated carbocycles. The molecule has 3 rings (SSSR count). The standard InChI is InChI=1S/C17H18N2/c1-4-19-16-12-8-7-11-15(16)18(3)17(19)14-10-6-5-9-13(14)2/h4-12,17H,1H2,2-3H3. The summed E-state index contributed by atoms with van der Waals surface area (Å²) in [4.78, 5) is 4.54. The van der Waals surface area contributed by atoms with E-state index in [9.17, 15) is 0 Å². The molecule has 1 aliphatic heterocycles. The highest BCUT2D eigenvalue weighted by Gasteiger charge is 2.33. The lowest BCUT2D eigenvalue weighted by Crippen LogP contribution is -2.30. The van der Waals surface area contributed by atoms with E-state index in [0.29, 0.717) is 0 Å². The number of nitrogens with zero attached hydrogens (tertiary/aromatic N) is 2. The van der Waals surface area contributed by atoms with Gasteiger partial charge in [0, 0.05) is 7.05 Å². The van der Waals surface area contributed by atoms with Crippen LogP contribution in [0.25, 0.3) is 0 Å². The monoisotopic (exact) mass is 250 g/mol. The van der Waals surface area contributed by atoms with E-state index in [1.165, 1.54) is 22.5 Å². The van der Waals surface area contributed by atoms with Crippen LogP contribution in [0.3, 0.4) is 0 Å². The second kappa shape index (κ2) is 4.47. The molecular weight excluding hydrogens is 232 g/mol. The molecule has 0 saturated heterocycles. The van der Waals surface area contributed by atoms with Gasteiger partial charge in [-0.15, -0.1) is 0 Å². The van der Waals surface area contributed by atoms with E-state index in [1.807, 2.05) is 6.20 Å². The summed E-state index contributed by atoms with van der Waals surface area (Å²) >= 11 is 0. The summed E-state index contributed by atoms with van der Waals surface area (Å²) in [6, 6.07) is 17.0. The maximum atomic E-state index is 3.98. The predicted octanol–water partition coefficient (Wildman–Crippen LogP) is 4.09. The number of hydrogen-bond acceptors (Lipinski definition) is 2. The van der Waals surface area contributed by atoms with E-state index in [0.717, 1.165) is 0 Å². The van der Waals surface area contributed by atoms with Gasteiger partial charge in [-0.2, -0.15) is 0 Å². The normalized spacial score (nSPS) is 17.5. The predicted molar refractivity (Wildman–Crippen MR) is 81.4 cm³/mol. The fourth-order valence-electron chi connectivity index (χ4n) is 2.86. The van der Waals surface area contributed by atoms with E-state index in [1.54, 1.807) is 0 Å². The molecule has 2 aromatic rings. The Kier molecular flexibility index (Phi) is 2.79. The van der Waals surface area contributed by atoms with Gasteiger partial charge in [-0.05, 0) is 36.4 Å². The smallest absolute Gasteiger partial charge is 0.132 e. The second-order valence-corrected chi connectivity index (χ2v) is 4.92. The molecule has 1 aliphatic rings. The lowest BCUT2D eigenvalue weighted by Gasteiger charge is -2.29. The summed E-state index contributed by atoms with van der Waals surface area (Å²) in [6.07, 6.45) is 2.11. The zero-order valence-corrected chi connectivity index (χ0v) is 11.4. The highest BCUT2D eigenvalue weighted by atomic mass is 15.4. The van der Waals surface area contributed by atoms with Crippen LogP contribution >= 0.6 is 0 Å². The fraction of sp³-hybridized carbons (Fsp3) is 0.176. The van der Waals surface area contributed by atoms with E-state index >= 15 is 0 Å². The Morgan fingerprint density at radius 1 is 1.00 bits per heavy atom. The Morgan fingerprint density at radius 3 is 2.32 bits per heavy atom. The molecule has 0 aromatic heterocycles. The third-order valence-corrected chi connectivity index (χ3v) is 3.83. The van der Waals surface area contributed by atoms with Crippen LogP contribution in [0.2, 0.25) is 0 Å². The van der Waals surface area contributed by atoms with Gasteiger partial charge < -0.3 is 9.80 Å².